The molecule has 1 unspecified atom stereocenters. The van der Waals surface area contributed by atoms with Crippen molar-refractivity contribution in [2.45, 2.75) is 6.10 Å². The standard InChI is InChI=1S/C12H12BrClINO2/c13-6-9-7-16(3-4-18-9)12(17)10-5-8(14)1-2-11(10)15/h1-2,5,9H,3-4,6-7H2. The van der Waals surface area contributed by atoms with Gasteiger partial charge >= 0.3 is 0 Å². The van der Waals surface area contributed by atoms with Crippen LogP contribution in [0.15, 0.2) is 18.2 Å². The molecule has 2 rings (SSSR count). The lowest BCUT2D eigenvalue weighted by Gasteiger charge is -2.32. The maximum absolute atomic E-state index is 12.4. The van der Waals surface area contributed by atoms with E-state index in [1.54, 1.807) is 12.1 Å². The SMILES string of the molecule is O=C(c1cc(Cl)ccc1I)N1CCOC(CBr)C1. The number of halogens is 3. The maximum Gasteiger partial charge on any atom is 0.255 e. The zero-order chi connectivity index (χ0) is 13.1. The summed E-state index contributed by atoms with van der Waals surface area (Å²) in [5, 5.41) is 1.33. The number of hydrogen-bond donors (Lipinski definition) is 0. The first-order valence-electron chi connectivity index (χ1n) is 5.53. The highest BCUT2D eigenvalue weighted by Gasteiger charge is 2.25. The Labute approximate surface area is 133 Å². The molecule has 1 atom stereocenters. The minimum atomic E-state index is 0.0242. The van der Waals surface area contributed by atoms with Gasteiger partial charge in [-0.2, -0.15) is 0 Å². The van der Waals surface area contributed by atoms with E-state index in [4.69, 9.17) is 16.3 Å². The molecular weight excluding hydrogens is 432 g/mol. The number of alkyl halides is 1. The van der Waals surface area contributed by atoms with Crippen LogP contribution in [0.5, 0.6) is 0 Å². The Balaban J connectivity index is 2.17. The van der Waals surface area contributed by atoms with E-state index < -0.39 is 0 Å². The lowest BCUT2D eigenvalue weighted by Crippen LogP contribution is -2.46. The Morgan fingerprint density at radius 2 is 2.39 bits per heavy atom. The zero-order valence-electron chi connectivity index (χ0n) is 9.54. The molecule has 0 bridgehead atoms. The van der Waals surface area contributed by atoms with Crippen LogP contribution in [0.1, 0.15) is 10.4 Å². The van der Waals surface area contributed by atoms with Crippen LogP contribution in [0.25, 0.3) is 0 Å². The van der Waals surface area contributed by atoms with E-state index in [0.29, 0.717) is 30.3 Å². The lowest BCUT2D eigenvalue weighted by molar-refractivity contribution is -0.00969. The third kappa shape index (κ3) is 3.37. The van der Waals surface area contributed by atoms with Crippen molar-refractivity contribution in [3.8, 4) is 0 Å². The highest BCUT2D eigenvalue weighted by atomic mass is 127. The van der Waals surface area contributed by atoms with Crippen molar-refractivity contribution < 1.29 is 9.53 Å². The van der Waals surface area contributed by atoms with Crippen LogP contribution in [-0.2, 0) is 4.74 Å². The molecule has 1 aromatic carbocycles. The Hall–Kier alpha value is 0.150. The summed E-state index contributed by atoms with van der Waals surface area (Å²) in [7, 11) is 0. The largest absolute Gasteiger partial charge is 0.374 e. The summed E-state index contributed by atoms with van der Waals surface area (Å²) in [6.07, 6.45) is 0.0690. The van der Waals surface area contributed by atoms with Crippen LogP contribution >= 0.6 is 50.1 Å². The van der Waals surface area contributed by atoms with Gasteiger partial charge in [0.15, 0.2) is 0 Å². The van der Waals surface area contributed by atoms with E-state index in [-0.39, 0.29) is 12.0 Å². The third-order valence-electron chi connectivity index (χ3n) is 2.76. The second-order valence-corrected chi connectivity index (χ2v) is 6.27. The van der Waals surface area contributed by atoms with Crippen molar-refractivity contribution in [1.82, 2.24) is 4.90 Å². The van der Waals surface area contributed by atoms with Gasteiger partial charge in [0.05, 0.1) is 18.3 Å². The molecule has 0 spiro atoms. The quantitative estimate of drug-likeness (QED) is 0.518. The predicted molar refractivity (Wildman–Crippen MR) is 83.6 cm³/mol. The van der Waals surface area contributed by atoms with Gasteiger partial charge in [-0.15, -0.1) is 0 Å². The second kappa shape index (κ2) is 6.54. The van der Waals surface area contributed by atoms with E-state index >= 15 is 0 Å². The minimum Gasteiger partial charge on any atom is -0.374 e. The summed E-state index contributed by atoms with van der Waals surface area (Å²) in [4.78, 5) is 14.2. The van der Waals surface area contributed by atoms with Crippen molar-refractivity contribution in [3.63, 3.8) is 0 Å². The van der Waals surface area contributed by atoms with Gasteiger partial charge in [0.1, 0.15) is 0 Å². The van der Waals surface area contributed by atoms with Gasteiger partial charge < -0.3 is 9.64 Å². The number of carbonyl (C=O) groups excluding carboxylic acids is 1. The fourth-order valence-electron chi connectivity index (χ4n) is 1.83. The van der Waals surface area contributed by atoms with Crippen molar-refractivity contribution in [1.29, 1.82) is 0 Å². The average molecular weight is 444 g/mol. The molecule has 0 radical (unpaired) electrons. The molecule has 1 aliphatic heterocycles. The van der Waals surface area contributed by atoms with Crippen LogP contribution in [0, 0.1) is 3.57 Å². The van der Waals surface area contributed by atoms with E-state index in [1.807, 2.05) is 11.0 Å². The number of morpholine rings is 1. The van der Waals surface area contributed by atoms with E-state index in [1.165, 1.54) is 0 Å². The number of ether oxygens (including phenoxy) is 1. The summed E-state index contributed by atoms with van der Waals surface area (Å²) in [5.74, 6) is 0.0242. The minimum absolute atomic E-state index is 0.0242. The van der Waals surface area contributed by atoms with Crippen molar-refractivity contribution in [3.05, 3.63) is 32.4 Å². The van der Waals surface area contributed by atoms with E-state index in [0.717, 1.165) is 8.90 Å². The molecule has 3 nitrogen and oxygen atoms in total. The number of amides is 1. The van der Waals surface area contributed by atoms with Gasteiger partial charge in [-0.25, -0.2) is 0 Å². The van der Waals surface area contributed by atoms with Gasteiger partial charge in [0.25, 0.3) is 5.91 Å². The average Bonchev–Trinajstić information content (AvgIpc) is 2.41. The monoisotopic (exact) mass is 443 g/mol. The van der Waals surface area contributed by atoms with Crippen molar-refractivity contribution in [2.24, 2.45) is 0 Å². The number of rotatable bonds is 2. The molecule has 1 fully saturated rings. The number of carbonyl (C=O) groups is 1. The van der Waals surface area contributed by atoms with Gasteiger partial charge in [0, 0.05) is 27.0 Å². The molecule has 1 amide bonds. The summed E-state index contributed by atoms with van der Waals surface area (Å²) in [6, 6.07) is 5.38. The fraction of sp³-hybridized carbons (Fsp3) is 0.417. The molecule has 98 valence electrons. The first-order chi connectivity index (χ1) is 8.61. The van der Waals surface area contributed by atoms with E-state index in [2.05, 4.69) is 38.5 Å². The maximum atomic E-state index is 12.4. The number of nitrogens with zero attached hydrogens (tertiary/aromatic N) is 1. The van der Waals surface area contributed by atoms with Crippen molar-refractivity contribution >= 4 is 56.0 Å². The van der Waals surface area contributed by atoms with Crippen LogP contribution in [-0.4, -0.2) is 41.9 Å². The van der Waals surface area contributed by atoms with Crippen LogP contribution in [0.4, 0.5) is 0 Å². The molecule has 1 aromatic rings. The normalized spacial score (nSPS) is 19.9. The van der Waals surface area contributed by atoms with Gasteiger partial charge in [0.2, 0.25) is 0 Å². The Kier molecular flexibility index (Phi) is 5.29. The summed E-state index contributed by atoms with van der Waals surface area (Å²) < 4.78 is 6.45. The number of benzene rings is 1. The highest BCUT2D eigenvalue weighted by Crippen LogP contribution is 2.21. The fourth-order valence-corrected chi connectivity index (χ4v) is 2.96. The molecule has 0 aromatic heterocycles. The smallest absolute Gasteiger partial charge is 0.255 e. The van der Waals surface area contributed by atoms with Crippen LogP contribution in [0.2, 0.25) is 5.02 Å². The molecular formula is C12H12BrClINO2. The van der Waals surface area contributed by atoms with Crippen molar-refractivity contribution in [2.75, 3.05) is 25.0 Å². The highest BCUT2D eigenvalue weighted by molar-refractivity contribution is 14.1. The second-order valence-electron chi connectivity index (χ2n) is 4.02. The predicted octanol–water partition coefficient (Wildman–Crippen LogP) is 3.18. The van der Waals surface area contributed by atoms with Crippen LogP contribution < -0.4 is 0 Å². The van der Waals surface area contributed by atoms with Gasteiger partial charge in [-0.3, -0.25) is 4.79 Å². The summed E-state index contributed by atoms with van der Waals surface area (Å²) in [5.41, 5.74) is 0.665. The first kappa shape index (κ1) is 14.6. The topological polar surface area (TPSA) is 29.5 Å². The Bertz CT molecular complexity index is 458. The molecule has 6 heteroatoms. The molecule has 1 heterocycles. The van der Waals surface area contributed by atoms with Gasteiger partial charge in [-0.1, -0.05) is 27.5 Å². The third-order valence-corrected chi connectivity index (χ3v) is 4.65. The number of hydrogen-bond acceptors (Lipinski definition) is 2. The Morgan fingerprint density at radius 1 is 1.61 bits per heavy atom. The molecule has 0 saturated carbocycles. The zero-order valence-corrected chi connectivity index (χ0v) is 14.0. The first-order valence-corrected chi connectivity index (χ1v) is 8.11. The molecule has 0 N–H and O–H groups in total. The Morgan fingerprint density at radius 3 is 3.11 bits per heavy atom. The summed E-state index contributed by atoms with van der Waals surface area (Å²) in [6.45, 7) is 1.83. The molecule has 1 aliphatic rings. The van der Waals surface area contributed by atoms with E-state index in [9.17, 15) is 4.79 Å². The summed E-state index contributed by atoms with van der Waals surface area (Å²) >= 11 is 11.5. The molecule has 0 aliphatic carbocycles. The van der Waals surface area contributed by atoms with Gasteiger partial charge in [-0.05, 0) is 40.8 Å². The molecule has 1 saturated heterocycles. The lowest BCUT2D eigenvalue weighted by atomic mass is 10.2. The molecule has 18 heavy (non-hydrogen) atoms. The van der Waals surface area contributed by atoms with Crippen LogP contribution in [0.3, 0.4) is 0 Å².